The monoisotopic (exact) mass is 535 g/mol. The van der Waals surface area contributed by atoms with Gasteiger partial charge >= 0.3 is 0 Å². The van der Waals surface area contributed by atoms with E-state index >= 15 is 0 Å². The first kappa shape index (κ1) is 28.9. The third kappa shape index (κ3) is 7.92. The van der Waals surface area contributed by atoms with Crippen molar-refractivity contribution in [2.45, 2.75) is 46.7 Å². The fraction of sp³-hybridized carbons (Fsp3) is 0.333. The van der Waals surface area contributed by atoms with Crippen LogP contribution in [0.5, 0.6) is 0 Å². The van der Waals surface area contributed by atoms with Crippen LogP contribution in [0.1, 0.15) is 34.7 Å². The third-order valence-electron chi connectivity index (χ3n) is 6.27. The molecule has 0 aliphatic carbocycles. The number of hydrogen-bond acceptors (Lipinski definition) is 4. The van der Waals surface area contributed by atoms with E-state index in [2.05, 4.69) is 5.32 Å². The van der Waals surface area contributed by atoms with Gasteiger partial charge in [-0.2, -0.15) is 0 Å². The summed E-state index contributed by atoms with van der Waals surface area (Å²) in [7, 11) is -3.79. The Morgan fingerprint density at radius 2 is 1.45 bits per heavy atom. The van der Waals surface area contributed by atoms with E-state index in [0.29, 0.717) is 18.7 Å². The molecule has 0 radical (unpaired) electrons. The Hall–Kier alpha value is -3.65. The summed E-state index contributed by atoms with van der Waals surface area (Å²) in [6.45, 7) is 7.73. The average molecular weight is 536 g/mol. The Balaban J connectivity index is 2.05. The Morgan fingerprint density at radius 3 is 2.00 bits per heavy atom. The van der Waals surface area contributed by atoms with Gasteiger partial charge in [-0.15, -0.1) is 0 Å². The van der Waals surface area contributed by atoms with Crippen LogP contribution in [0.3, 0.4) is 0 Å². The van der Waals surface area contributed by atoms with Crippen LogP contribution in [-0.2, 0) is 32.6 Å². The van der Waals surface area contributed by atoms with Gasteiger partial charge in [-0.1, -0.05) is 66.2 Å². The molecule has 0 aromatic heterocycles. The molecule has 0 aliphatic heterocycles. The SMILES string of the molecule is CCNC(=O)[C@@H](Cc1ccccc1)N(Cc1ccc(C)cc1)C(=O)CN(c1cc(C)cc(C)c1)S(C)(=O)=O. The highest BCUT2D eigenvalue weighted by Gasteiger charge is 2.32. The summed E-state index contributed by atoms with van der Waals surface area (Å²) in [5.41, 5.74) is 5.03. The molecule has 0 saturated heterocycles. The van der Waals surface area contributed by atoms with Crippen LogP contribution in [0.25, 0.3) is 0 Å². The number of amides is 2. The van der Waals surface area contributed by atoms with Gasteiger partial charge < -0.3 is 10.2 Å². The zero-order valence-electron chi connectivity index (χ0n) is 22.8. The maximum atomic E-state index is 14.0. The topological polar surface area (TPSA) is 86.8 Å². The van der Waals surface area contributed by atoms with Crippen LogP contribution in [0.2, 0.25) is 0 Å². The van der Waals surface area contributed by atoms with Crippen LogP contribution in [0.4, 0.5) is 5.69 Å². The first-order valence-electron chi connectivity index (χ1n) is 12.7. The molecule has 8 heteroatoms. The van der Waals surface area contributed by atoms with Crippen molar-refractivity contribution in [2.75, 3.05) is 23.7 Å². The van der Waals surface area contributed by atoms with E-state index in [1.807, 2.05) is 88.4 Å². The normalized spacial score (nSPS) is 12.0. The lowest BCUT2D eigenvalue weighted by Gasteiger charge is -2.33. The summed E-state index contributed by atoms with van der Waals surface area (Å²) in [6, 6.07) is 21.9. The third-order valence-corrected chi connectivity index (χ3v) is 7.41. The van der Waals surface area contributed by atoms with Gasteiger partial charge in [0.15, 0.2) is 0 Å². The first-order valence-corrected chi connectivity index (χ1v) is 14.6. The molecule has 3 rings (SSSR count). The van der Waals surface area contributed by atoms with Crippen molar-refractivity contribution in [3.8, 4) is 0 Å². The number of anilines is 1. The zero-order valence-corrected chi connectivity index (χ0v) is 23.6. The highest BCUT2D eigenvalue weighted by Crippen LogP contribution is 2.23. The minimum atomic E-state index is -3.79. The van der Waals surface area contributed by atoms with E-state index in [0.717, 1.165) is 38.4 Å². The number of likely N-dealkylation sites (N-methyl/N-ethyl adjacent to an activating group) is 1. The van der Waals surface area contributed by atoms with Crippen molar-refractivity contribution in [2.24, 2.45) is 0 Å². The van der Waals surface area contributed by atoms with Gasteiger partial charge in [0.05, 0.1) is 11.9 Å². The number of aryl methyl sites for hydroxylation is 3. The summed E-state index contributed by atoms with van der Waals surface area (Å²) in [4.78, 5) is 28.8. The smallest absolute Gasteiger partial charge is 0.244 e. The van der Waals surface area contributed by atoms with Crippen LogP contribution < -0.4 is 9.62 Å². The number of carbonyl (C=O) groups is 2. The summed E-state index contributed by atoms with van der Waals surface area (Å²) in [6.07, 6.45) is 1.39. The molecular formula is C30H37N3O4S. The zero-order chi connectivity index (χ0) is 27.9. The van der Waals surface area contributed by atoms with Gasteiger partial charge in [0.25, 0.3) is 0 Å². The molecule has 3 aromatic rings. The molecule has 0 aliphatic rings. The highest BCUT2D eigenvalue weighted by molar-refractivity contribution is 7.92. The highest BCUT2D eigenvalue weighted by atomic mass is 32.2. The number of nitrogens with one attached hydrogen (secondary N) is 1. The number of hydrogen-bond donors (Lipinski definition) is 1. The average Bonchev–Trinajstić information content (AvgIpc) is 2.85. The van der Waals surface area contributed by atoms with Crippen molar-refractivity contribution in [1.29, 1.82) is 0 Å². The molecular weight excluding hydrogens is 498 g/mol. The molecule has 3 aromatic carbocycles. The molecule has 0 saturated carbocycles. The molecule has 38 heavy (non-hydrogen) atoms. The first-order chi connectivity index (χ1) is 18.0. The number of benzene rings is 3. The van der Waals surface area contributed by atoms with Gasteiger partial charge in [-0.05, 0) is 62.1 Å². The minimum absolute atomic E-state index is 0.165. The fourth-order valence-electron chi connectivity index (χ4n) is 4.44. The van der Waals surface area contributed by atoms with Gasteiger partial charge in [0.2, 0.25) is 21.8 Å². The van der Waals surface area contributed by atoms with Gasteiger partial charge in [-0.25, -0.2) is 8.42 Å². The Morgan fingerprint density at radius 1 is 0.842 bits per heavy atom. The van der Waals surface area contributed by atoms with Gasteiger partial charge in [0, 0.05) is 19.5 Å². The molecule has 1 atom stereocenters. The minimum Gasteiger partial charge on any atom is -0.355 e. The number of carbonyl (C=O) groups excluding carboxylic acids is 2. The lowest BCUT2D eigenvalue weighted by Crippen LogP contribution is -2.53. The molecule has 0 spiro atoms. The van der Waals surface area contributed by atoms with Crippen molar-refractivity contribution in [3.05, 3.63) is 101 Å². The largest absolute Gasteiger partial charge is 0.355 e. The second-order valence-electron chi connectivity index (χ2n) is 9.72. The van der Waals surface area contributed by atoms with E-state index in [9.17, 15) is 18.0 Å². The molecule has 0 bridgehead atoms. The molecule has 1 N–H and O–H groups in total. The van der Waals surface area contributed by atoms with E-state index in [1.165, 1.54) is 4.90 Å². The maximum Gasteiger partial charge on any atom is 0.244 e. The van der Waals surface area contributed by atoms with Crippen LogP contribution >= 0.6 is 0 Å². The second kappa shape index (κ2) is 12.7. The van der Waals surface area contributed by atoms with E-state index in [4.69, 9.17) is 0 Å². The number of sulfonamides is 1. The Labute approximate surface area is 226 Å². The fourth-order valence-corrected chi connectivity index (χ4v) is 5.28. The molecule has 202 valence electrons. The van der Waals surface area contributed by atoms with Crippen LogP contribution in [-0.4, -0.2) is 50.5 Å². The Bertz CT molecular complexity index is 1340. The standard InChI is InChI=1S/C30H37N3O4S/c1-6-31-30(35)28(19-25-10-8-7-9-11-25)32(20-26-14-12-22(2)13-15-26)29(34)21-33(38(5,36)37)27-17-23(3)16-24(4)18-27/h7-18,28H,6,19-21H2,1-5H3,(H,31,35)/t28-/m1/s1. The summed E-state index contributed by atoms with van der Waals surface area (Å²) in [5, 5.41) is 2.86. The van der Waals surface area contributed by atoms with Crippen molar-refractivity contribution < 1.29 is 18.0 Å². The second-order valence-corrected chi connectivity index (χ2v) is 11.6. The summed E-state index contributed by atoms with van der Waals surface area (Å²) in [5.74, 6) is -0.739. The molecule has 0 fully saturated rings. The van der Waals surface area contributed by atoms with Gasteiger partial charge in [-0.3, -0.25) is 13.9 Å². The number of nitrogens with zero attached hydrogens (tertiary/aromatic N) is 2. The summed E-state index contributed by atoms with van der Waals surface area (Å²) >= 11 is 0. The van der Waals surface area contributed by atoms with Crippen LogP contribution in [0.15, 0.2) is 72.8 Å². The van der Waals surface area contributed by atoms with Crippen LogP contribution in [0, 0.1) is 20.8 Å². The quantitative estimate of drug-likeness (QED) is 0.400. The maximum absolute atomic E-state index is 14.0. The molecule has 2 amide bonds. The van der Waals surface area contributed by atoms with E-state index in [1.54, 1.807) is 12.1 Å². The van der Waals surface area contributed by atoms with E-state index in [-0.39, 0.29) is 12.5 Å². The molecule has 0 unspecified atom stereocenters. The molecule has 7 nitrogen and oxygen atoms in total. The predicted molar refractivity (Wildman–Crippen MR) is 152 cm³/mol. The molecule has 0 heterocycles. The van der Waals surface area contributed by atoms with Crippen molar-refractivity contribution in [3.63, 3.8) is 0 Å². The lowest BCUT2D eigenvalue weighted by atomic mass is 10.0. The van der Waals surface area contributed by atoms with E-state index < -0.39 is 28.5 Å². The number of rotatable bonds is 11. The van der Waals surface area contributed by atoms with Crippen molar-refractivity contribution in [1.82, 2.24) is 10.2 Å². The lowest BCUT2D eigenvalue weighted by molar-refractivity contribution is -0.140. The van der Waals surface area contributed by atoms with Crippen molar-refractivity contribution >= 4 is 27.5 Å². The predicted octanol–water partition coefficient (Wildman–Crippen LogP) is 4.15. The Kier molecular flexibility index (Phi) is 9.69. The summed E-state index contributed by atoms with van der Waals surface area (Å²) < 4.78 is 26.9. The van der Waals surface area contributed by atoms with Gasteiger partial charge in [0.1, 0.15) is 12.6 Å².